The van der Waals surface area contributed by atoms with E-state index in [4.69, 9.17) is 16.3 Å². The van der Waals surface area contributed by atoms with Gasteiger partial charge >= 0.3 is 0 Å². The van der Waals surface area contributed by atoms with Crippen molar-refractivity contribution in [2.75, 3.05) is 13.1 Å². The molecule has 0 amide bonds. The van der Waals surface area contributed by atoms with Crippen LogP contribution in [0.15, 0.2) is 60.9 Å². The number of rotatable bonds is 4. The lowest BCUT2D eigenvalue weighted by atomic mass is 9.96. The fraction of sp³-hybridized carbons (Fsp3) is 0.250. The summed E-state index contributed by atoms with van der Waals surface area (Å²) in [5.41, 5.74) is 1.03. The molecule has 0 spiro atoms. The van der Waals surface area contributed by atoms with Crippen molar-refractivity contribution in [3.8, 4) is 5.75 Å². The van der Waals surface area contributed by atoms with Crippen LogP contribution in [0.1, 0.15) is 18.1 Å². The van der Waals surface area contributed by atoms with Crippen molar-refractivity contribution in [3.63, 3.8) is 0 Å². The molecule has 0 saturated carbocycles. The number of pyridine rings is 1. The van der Waals surface area contributed by atoms with E-state index in [0.717, 1.165) is 30.8 Å². The third-order valence-corrected chi connectivity index (χ3v) is 4.77. The van der Waals surface area contributed by atoms with Crippen LogP contribution >= 0.6 is 11.6 Å². The number of halogens is 1. The molecule has 1 aliphatic heterocycles. The normalized spacial score (nSPS) is 18.6. The second kappa shape index (κ2) is 6.80. The summed E-state index contributed by atoms with van der Waals surface area (Å²) in [5, 5.41) is 6.46. The van der Waals surface area contributed by atoms with Crippen molar-refractivity contribution in [3.05, 3.63) is 71.5 Å². The lowest BCUT2D eigenvalue weighted by Crippen LogP contribution is -2.21. The molecule has 3 aromatic rings. The molecule has 0 radical (unpaired) electrons. The SMILES string of the molecule is Clc1cncc([C@@H](Oc2ccc3ccccc3c2)C2CCNC2)c1. The first kappa shape index (κ1) is 15.4. The van der Waals surface area contributed by atoms with E-state index in [1.165, 1.54) is 10.8 Å². The van der Waals surface area contributed by atoms with Gasteiger partial charge in [0.2, 0.25) is 0 Å². The molecule has 1 unspecified atom stereocenters. The molecule has 2 atom stereocenters. The van der Waals surface area contributed by atoms with E-state index in [1.807, 2.05) is 30.5 Å². The number of aromatic nitrogens is 1. The maximum Gasteiger partial charge on any atom is 0.129 e. The molecule has 2 aromatic carbocycles. The van der Waals surface area contributed by atoms with E-state index in [2.05, 4.69) is 34.6 Å². The molecular formula is C20H19ClN2O. The molecule has 1 aliphatic rings. The van der Waals surface area contributed by atoms with Crippen molar-refractivity contribution in [1.82, 2.24) is 10.3 Å². The van der Waals surface area contributed by atoms with E-state index >= 15 is 0 Å². The zero-order valence-corrected chi connectivity index (χ0v) is 14.0. The van der Waals surface area contributed by atoms with Gasteiger partial charge in [-0.2, -0.15) is 0 Å². The molecule has 1 saturated heterocycles. The molecular weight excluding hydrogens is 320 g/mol. The topological polar surface area (TPSA) is 34.1 Å². The number of nitrogens with one attached hydrogen (secondary N) is 1. The lowest BCUT2D eigenvalue weighted by molar-refractivity contribution is 0.144. The van der Waals surface area contributed by atoms with E-state index in [-0.39, 0.29) is 6.10 Å². The Bertz CT molecular complexity index is 846. The number of nitrogens with zero attached hydrogens (tertiary/aromatic N) is 1. The Hall–Kier alpha value is -2.10. The Morgan fingerprint density at radius 2 is 1.96 bits per heavy atom. The maximum absolute atomic E-state index is 6.41. The monoisotopic (exact) mass is 338 g/mol. The minimum atomic E-state index is -0.0487. The second-order valence-corrected chi connectivity index (χ2v) is 6.67. The van der Waals surface area contributed by atoms with Crippen molar-refractivity contribution in [1.29, 1.82) is 0 Å². The molecule has 122 valence electrons. The summed E-state index contributed by atoms with van der Waals surface area (Å²) < 4.78 is 6.41. The molecule has 4 rings (SSSR count). The Kier molecular flexibility index (Phi) is 4.37. The van der Waals surface area contributed by atoms with Gasteiger partial charge in [-0.25, -0.2) is 0 Å². The van der Waals surface area contributed by atoms with Crippen LogP contribution in [0.25, 0.3) is 10.8 Å². The average molecular weight is 339 g/mol. The van der Waals surface area contributed by atoms with Gasteiger partial charge in [0.25, 0.3) is 0 Å². The molecule has 4 heteroatoms. The summed E-state index contributed by atoms with van der Waals surface area (Å²) >= 11 is 6.14. The predicted molar refractivity (Wildman–Crippen MR) is 97.5 cm³/mol. The van der Waals surface area contributed by atoms with Crippen molar-refractivity contribution in [2.24, 2.45) is 5.92 Å². The Labute approximate surface area is 146 Å². The average Bonchev–Trinajstić information content (AvgIpc) is 3.14. The zero-order chi connectivity index (χ0) is 16.4. The van der Waals surface area contributed by atoms with Crippen LogP contribution in [0.2, 0.25) is 5.02 Å². The fourth-order valence-electron chi connectivity index (χ4n) is 3.34. The van der Waals surface area contributed by atoms with Gasteiger partial charge in [-0.3, -0.25) is 4.98 Å². The van der Waals surface area contributed by atoms with Crippen LogP contribution in [-0.4, -0.2) is 18.1 Å². The Morgan fingerprint density at radius 1 is 1.08 bits per heavy atom. The standard InChI is InChI=1S/C20H19ClN2O/c21-18-9-17(12-23-13-18)20(16-7-8-22-11-16)24-19-6-5-14-3-1-2-4-15(14)10-19/h1-6,9-10,12-13,16,20,22H,7-8,11H2/t16?,20-/m0/s1. The van der Waals surface area contributed by atoms with Gasteiger partial charge in [-0.05, 0) is 41.9 Å². The highest BCUT2D eigenvalue weighted by atomic mass is 35.5. The summed E-state index contributed by atoms with van der Waals surface area (Å²) in [6.07, 6.45) is 4.55. The largest absolute Gasteiger partial charge is 0.485 e. The lowest BCUT2D eigenvalue weighted by Gasteiger charge is -2.25. The van der Waals surface area contributed by atoms with Gasteiger partial charge in [0.1, 0.15) is 11.9 Å². The van der Waals surface area contributed by atoms with E-state index in [1.54, 1.807) is 6.20 Å². The minimum Gasteiger partial charge on any atom is -0.485 e. The van der Waals surface area contributed by atoms with E-state index in [0.29, 0.717) is 10.9 Å². The number of fused-ring (bicyclic) bond motifs is 1. The minimum absolute atomic E-state index is 0.0487. The number of ether oxygens (including phenoxy) is 1. The summed E-state index contributed by atoms with van der Waals surface area (Å²) in [7, 11) is 0. The number of hydrogen-bond donors (Lipinski definition) is 1. The Morgan fingerprint density at radius 3 is 2.75 bits per heavy atom. The zero-order valence-electron chi connectivity index (χ0n) is 13.3. The van der Waals surface area contributed by atoms with Crippen LogP contribution in [0.5, 0.6) is 5.75 Å². The molecule has 1 N–H and O–H groups in total. The molecule has 3 nitrogen and oxygen atoms in total. The molecule has 0 aliphatic carbocycles. The summed E-state index contributed by atoms with van der Waals surface area (Å²) in [4.78, 5) is 4.24. The van der Waals surface area contributed by atoms with Crippen LogP contribution < -0.4 is 10.1 Å². The van der Waals surface area contributed by atoms with E-state index in [9.17, 15) is 0 Å². The smallest absolute Gasteiger partial charge is 0.129 e. The van der Waals surface area contributed by atoms with Gasteiger partial charge in [0.05, 0.1) is 5.02 Å². The predicted octanol–water partition coefficient (Wildman–Crippen LogP) is 4.62. The molecule has 1 fully saturated rings. The third-order valence-electron chi connectivity index (χ3n) is 4.57. The molecule has 1 aromatic heterocycles. The van der Waals surface area contributed by atoms with Crippen LogP contribution in [-0.2, 0) is 0 Å². The summed E-state index contributed by atoms with van der Waals surface area (Å²) in [6.45, 7) is 1.97. The van der Waals surface area contributed by atoms with Gasteiger partial charge in [0.15, 0.2) is 0 Å². The van der Waals surface area contributed by atoms with Crippen LogP contribution in [0.4, 0.5) is 0 Å². The number of benzene rings is 2. The summed E-state index contributed by atoms with van der Waals surface area (Å²) in [6, 6.07) is 16.5. The molecule has 2 heterocycles. The van der Waals surface area contributed by atoms with Gasteiger partial charge < -0.3 is 10.1 Å². The highest BCUT2D eigenvalue weighted by Crippen LogP contribution is 2.33. The van der Waals surface area contributed by atoms with E-state index < -0.39 is 0 Å². The highest BCUT2D eigenvalue weighted by molar-refractivity contribution is 6.30. The Balaban J connectivity index is 1.67. The first-order chi connectivity index (χ1) is 11.8. The van der Waals surface area contributed by atoms with Crippen LogP contribution in [0, 0.1) is 5.92 Å². The van der Waals surface area contributed by atoms with Crippen LogP contribution in [0.3, 0.4) is 0 Å². The highest BCUT2D eigenvalue weighted by Gasteiger charge is 2.28. The molecule has 24 heavy (non-hydrogen) atoms. The molecule has 0 bridgehead atoms. The van der Waals surface area contributed by atoms with Gasteiger partial charge in [0, 0.05) is 30.4 Å². The first-order valence-corrected chi connectivity index (χ1v) is 8.64. The van der Waals surface area contributed by atoms with Gasteiger partial charge in [-0.1, -0.05) is 41.9 Å². The van der Waals surface area contributed by atoms with Crippen molar-refractivity contribution < 1.29 is 4.74 Å². The fourth-order valence-corrected chi connectivity index (χ4v) is 3.53. The van der Waals surface area contributed by atoms with Gasteiger partial charge in [-0.15, -0.1) is 0 Å². The number of hydrogen-bond acceptors (Lipinski definition) is 3. The quantitative estimate of drug-likeness (QED) is 0.753. The van der Waals surface area contributed by atoms with Crippen molar-refractivity contribution >= 4 is 22.4 Å². The van der Waals surface area contributed by atoms with Crippen molar-refractivity contribution in [2.45, 2.75) is 12.5 Å². The summed E-state index contributed by atoms with van der Waals surface area (Å²) in [5.74, 6) is 1.29. The maximum atomic E-state index is 6.41. The third kappa shape index (κ3) is 3.23. The second-order valence-electron chi connectivity index (χ2n) is 6.24. The first-order valence-electron chi connectivity index (χ1n) is 8.26.